The third-order valence-electron chi connectivity index (χ3n) is 9.66. The molecule has 0 aliphatic carbocycles. The van der Waals surface area contributed by atoms with E-state index in [9.17, 15) is 57.9 Å². The van der Waals surface area contributed by atoms with Crippen molar-refractivity contribution in [2.24, 2.45) is 0 Å². The largest absolute Gasteiger partial charge is 0.417 e. The van der Waals surface area contributed by atoms with Crippen LogP contribution in [0.2, 0.25) is 0 Å². The van der Waals surface area contributed by atoms with E-state index in [0.717, 1.165) is 36.4 Å². The van der Waals surface area contributed by atoms with E-state index in [-0.39, 0.29) is 55.8 Å². The first-order valence-electron chi connectivity index (χ1n) is 16.4. The molecule has 0 saturated heterocycles. The first-order chi connectivity index (χ1) is 26.3. The number of nitrogens with zero attached hydrogens (tertiary/aromatic N) is 3. The molecule has 0 fully saturated rings. The van der Waals surface area contributed by atoms with Gasteiger partial charge in [0.2, 0.25) is 0 Å². The molecule has 0 saturated carbocycles. The van der Waals surface area contributed by atoms with Gasteiger partial charge in [-0.25, -0.2) is 0 Å². The van der Waals surface area contributed by atoms with Gasteiger partial charge in [-0.05, 0) is 71.8 Å². The summed E-state index contributed by atoms with van der Waals surface area (Å²) >= 11 is 0. The summed E-state index contributed by atoms with van der Waals surface area (Å²) in [6, 6.07) is 23.0. The molecule has 2 aromatic heterocycles. The van der Waals surface area contributed by atoms with Crippen LogP contribution in [0.1, 0.15) is 27.8 Å². The number of hydrogen-bond acceptors (Lipinski definition) is 1. The van der Waals surface area contributed by atoms with Crippen molar-refractivity contribution in [1.82, 2.24) is 9.13 Å². The van der Waals surface area contributed by atoms with Crippen LogP contribution >= 0.6 is 0 Å². The number of hydrogen-bond donors (Lipinski definition) is 0. The lowest BCUT2D eigenvalue weighted by Gasteiger charge is -2.21. The molecule has 0 radical (unpaired) electrons. The molecule has 0 bridgehead atoms. The van der Waals surface area contributed by atoms with Crippen LogP contribution in [0.4, 0.5) is 52.7 Å². The van der Waals surface area contributed by atoms with Crippen molar-refractivity contribution >= 4 is 43.6 Å². The summed E-state index contributed by atoms with van der Waals surface area (Å²) in [4.78, 5) is 0. The highest BCUT2D eigenvalue weighted by molar-refractivity contribution is 6.11. The lowest BCUT2D eigenvalue weighted by atomic mass is 9.94. The average Bonchev–Trinajstić information content (AvgIpc) is 3.64. The lowest BCUT2D eigenvalue weighted by molar-refractivity contribution is -0.143. The maximum Gasteiger partial charge on any atom is 0.417 e. The van der Waals surface area contributed by atoms with Crippen LogP contribution in [0.3, 0.4) is 0 Å². The van der Waals surface area contributed by atoms with E-state index in [1.807, 2.05) is 6.07 Å². The fraction of sp³-hybridized carbons (Fsp3) is 0.0976. The Morgan fingerprint density at radius 1 is 0.411 bits per heavy atom. The van der Waals surface area contributed by atoms with Gasteiger partial charge in [-0.1, -0.05) is 54.6 Å². The molecule has 8 rings (SSSR count). The molecule has 282 valence electrons. The zero-order chi connectivity index (χ0) is 40.1. The van der Waals surface area contributed by atoms with Crippen LogP contribution in [-0.4, -0.2) is 9.13 Å². The van der Waals surface area contributed by atoms with Gasteiger partial charge in [-0.3, -0.25) is 0 Å². The Labute approximate surface area is 306 Å². The molecule has 2 heterocycles. The van der Waals surface area contributed by atoms with Crippen LogP contribution in [0.5, 0.6) is 0 Å². The van der Waals surface area contributed by atoms with Crippen LogP contribution in [0, 0.1) is 11.3 Å². The summed E-state index contributed by atoms with van der Waals surface area (Å²) in [5.74, 6) is 0. The van der Waals surface area contributed by atoms with Crippen LogP contribution in [0.15, 0.2) is 115 Å². The lowest BCUT2D eigenvalue weighted by Crippen LogP contribution is -2.12. The molecule has 0 N–H and O–H groups in total. The fourth-order valence-electron chi connectivity index (χ4n) is 7.25. The van der Waals surface area contributed by atoms with Gasteiger partial charge in [0.1, 0.15) is 11.6 Å². The van der Waals surface area contributed by atoms with Crippen molar-refractivity contribution in [2.45, 2.75) is 24.7 Å². The normalized spacial score (nSPS) is 13.0. The summed E-state index contributed by atoms with van der Waals surface area (Å²) in [5, 5.41) is 12.1. The third kappa shape index (κ3) is 5.87. The summed E-state index contributed by atoms with van der Waals surface area (Å²) in [7, 11) is 0. The third-order valence-corrected chi connectivity index (χ3v) is 9.66. The van der Waals surface area contributed by atoms with Gasteiger partial charge < -0.3 is 9.13 Å². The second kappa shape index (κ2) is 12.3. The molecule has 15 heteroatoms. The number of benzene rings is 6. The van der Waals surface area contributed by atoms with Crippen molar-refractivity contribution < 1.29 is 52.7 Å². The molecule has 6 aromatic carbocycles. The summed E-state index contributed by atoms with van der Waals surface area (Å²) in [6.07, 6.45) is -20.3. The quantitative estimate of drug-likeness (QED) is 0.164. The maximum atomic E-state index is 14.7. The molecular formula is C41H19F12N3. The summed E-state index contributed by atoms with van der Waals surface area (Å²) < 4.78 is 173. The van der Waals surface area contributed by atoms with E-state index in [1.54, 1.807) is 24.3 Å². The molecule has 0 amide bonds. The second-order valence-electron chi connectivity index (χ2n) is 12.9. The molecule has 8 aromatic rings. The molecular weight excluding hydrogens is 762 g/mol. The van der Waals surface area contributed by atoms with E-state index in [0.29, 0.717) is 22.9 Å². The van der Waals surface area contributed by atoms with Gasteiger partial charge in [-0.2, -0.15) is 57.9 Å². The average molecular weight is 782 g/mol. The minimum absolute atomic E-state index is 0.0843. The van der Waals surface area contributed by atoms with Gasteiger partial charge in [0.15, 0.2) is 0 Å². The summed E-state index contributed by atoms with van der Waals surface area (Å²) in [6.45, 7) is 0. The minimum atomic E-state index is -5.38. The Kier molecular flexibility index (Phi) is 8.02. The van der Waals surface area contributed by atoms with E-state index < -0.39 is 58.1 Å². The van der Waals surface area contributed by atoms with Crippen LogP contribution < -0.4 is 0 Å². The Hall–Kier alpha value is -6.43. The van der Waals surface area contributed by atoms with Gasteiger partial charge in [0.25, 0.3) is 0 Å². The van der Waals surface area contributed by atoms with Crippen LogP contribution in [-0.2, 0) is 24.7 Å². The number of alkyl halides is 12. The van der Waals surface area contributed by atoms with Crippen molar-refractivity contribution in [3.05, 3.63) is 143 Å². The first kappa shape index (κ1) is 36.5. The van der Waals surface area contributed by atoms with E-state index in [4.69, 9.17) is 0 Å². The highest BCUT2D eigenvalue weighted by Crippen LogP contribution is 2.46. The van der Waals surface area contributed by atoms with Gasteiger partial charge in [0, 0.05) is 21.5 Å². The topological polar surface area (TPSA) is 33.6 Å². The van der Waals surface area contributed by atoms with Crippen molar-refractivity contribution in [2.75, 3.05) is 0 Å². The predicted octanol–water partition coefficient (Wildman–Crippen LogP) is 13.5. The van der Waals surface area contributed by atoms with Crippen molar-refractivity contribution in [3.63, 3.8) is 0 Å². The van der Waals surface area contributed by atoms with Crippen molar-refractivity contribution in [3.8, 4) is 28.6 Å². The Bertz CT molecular complexity index is 2780. The number of para-hydroxylation sites is 2. The highest BCUT2D eigenvalue weighted by Gasteiger charge is 2.39. The molecule has 0 aliphatic rings. The maximum absolute atomic E-state index is 14.7. The molecule has 3 nitrogen and oxygen atoms in total. The number of aromatic nitrogens is 2. The molecule has 0 unspecified atom stereocenters. The van der Waals surface area contributed by atoms with Crippen LogP contribution in [0.25, 0.3) is 66.1 Å². The van der Waals surface area contributed by atoms with E-state index in [1.165, 1.54) is 45.5 Å². The zero-order valence-corrected chi connectivity index (χ0v) is 27.8. The number of rotatable bonds is 3. The minimum Gasteiger partial charge on any atom is -0.308 e. The number of fused-ring (bicyclic) bond motifs is 6. The standard InChI is InChI=1S/C41H19F12N3/c42-38(43,44)22-9-12-25(31(17-22)41(51,52)53)21-15-34(55-32-7-3-1-5-26(32)28-13-10-23(18-36(28)55)39(45,46)47)30(20-54)35(16-21)56-33-8-4-2-6-27(33)29-14-11-24(19-37(29)56)40(48,49)50/h1-19H. The molecule has 56 heavy (non-hydrogen) atoms. The molecule has 0 atom stereocenters. The Morgan fingerprint density at radius 2 is 0.804 bits per heavy atom. The van der Waals surface area contributed by atoms with Gasteiger partial charge in [0.05, 0.1) is 55.7 Å². The monoisotopic (exact) mass is 781 g/mol. The smallest absolute Gasteiger partial charge is 0.308 e. The van der Waals surface area contributed by atoms with Crippen molar-refractivity contribution in [1.29, 1.82) is 5.26 Å². The van der Waals surface area contributed by atoms with Gasteiger partial charge >= 0.3 is 24.7 Å². The first-order valence-corrected chi connectivity index (χ1v) is 16.4. The molecule has 0 spiro atoms. The predicted molar refractivity (Wildman–Crippen MR) is 185 cm³/mol. The molecule has 0 aliphatic heterocycles. The SMILES string of the molecule is N#Cc1c(-n2c3ccccc3c3ccc(C(F)(F)F)cc32)cc(-c2ccc(C(F)(F)F)cc2C(F)(F)F)cc1-n1c2ccccc2c2ccc(C(F)(F)F)cc21. The summed E-state index contributed by atoms with van der Waals surface area (Å²) in [5.41, 5.74) is -7.63. The second-order valence-corrected chi connectivity index (χ2v) is 12.9. The van der Waals surface area contributed by atoms with E-state index >= 15 is 0 Å². The Balaban J connectivity index is 1.59. The fourth-order valence-corrected chi connectivity index (χ4v) is 7.25. The van der Waals surface area contributed by atoms with E-state index in [2.05, 4.69) is 0 Å². The number of halogens is 12. The zero-order valence-electron chi connectivity index (χ0n) is 27.8. The highest BCUT2D eigenvalue weighted by atomic mass is 19.4. The number of nitriles is 1. The van der Waals surface area contributed by atoms with Gasteiger partial charge in [-0.15, -0.1) is 0 Å². The Morgan fingerprint density at radius 3 is 1.21 bits per heavy atom.